The first kappa shape index (κ1) is 10.5. The fourth-order valence-corrected chi connectivity index (χ4v) is 3.10. The van der Waals surface area contributed by atoms with Gasteiger partial charge in [0.05, 0.1) is 11.5 Å². The normalized spacial score (nSPS) is 22.5. The molecule has 0 spiro atoms. The molecule has 4 nitrogen and oxygen atoms in total. The topological polar surface area (TPSA) is 63.2 Å². The summed E-state index contributed by atoms with van der Waals surface area (Å²) >= 11 is 0. The van der Waals surface area contributed by atoms with Crippen molar-refractivity contribution in [3.63, 3.8) is 0 Å². The van der Waals surface area contributed by atoms with Crippen LogP contribution in [0.4, 0.5) is 0 Å². The van der Waals surface area contributed by atoms with E-state index in [1.807, 2.05) is 0 Å². The van der Waals surface area contributed by atoms with Crippen LogP contribution in [-0.4, -0.2) is 32.9 Å². The smallest absolute Gasteiger partial charge is 0.220 e. The highest BCUT2D eigenvalue weighted by atomic mass is 32.2. The zero-order valence-corrected chi connectivity index (χ0v) is 8.56. The Morgan fingerprint density at radius 2 is 1.92 bits per heavy atom. The molecule has 1 N–H and O–H groups in total. The predicted octanol–water partition coefficient (Wildman–Crippen LogP) is -0.0527. The molecular formula is C8H15NO3S. The summed E-state index contributed by atoms with van der Waals surface area (Å²) in [5.41, 5.74) is 0. The highest BCUT2D eigenvalue weighted by molar-refractivity contribution is 7.91. The van der Waals surface area contributed by atoms with Crippen molar-refractivity contribution in [3.05, 3.63) is 0 Å². The molecule has 0 aromatic rings. The van der Waals surface area contributed by atoms with Gasteiger partial charge in [0.15, 0.2) is 0 Å². The Morgan fingerprint density at radius 1 is 1.38 bits per heavy atom. The van der Waals surface area contributed by atoms with Gasteiger partial charge in [0.25, 0.3) is 0 Å². The lowest BCUT2D eigenvalue weighted by atomic mass is 9.99. The van der Waals surface area contributed by atoms with E-state index in [1.165, 1.54) is 0 Å². The van der Waals surface area contributed by atoms with Gasteiger partial charge in [-0.05, 0) is 18.8 Å². The minimum atomic E-state index is -2.79. The monoisotopic (exact) mass is 205 g/mol. The second-order valence-electron chi connectivity index (χ2n) is 3.47. The summed E-state index contributed by atoms with van der Waals surface area (Å²) in [6.45, 7) is 0. The van der Waals surface area contributed by atoms with Crippen LogP contribution in [0.1, 0.15) is 19.3 Å². The lowest BCUT2D eigenvalue weighted by Crippen LogP contribution is -2.28. The molecule has 0 aliphatic carbocycles. The summed E-state index contributed by atoms with van der Waals surface area (Å²) in [7, 11) is -1.19. The highest BCUT2D eigenvalue weighted by Gasteiger charge is 2.24. The third-order valence-electron chi connectivity index (χ3n) is 2.43. The van der Waals surface area contributed by atoms with Crippen molar-refractivity contribution in [1.29, 1.82) is 0 Å². The molecule has 1 amide bonds. The standard InChI is InChI=1S/C8H15NO3S/c1-9-8(10)6-7-2-4-13(11,12)5-3-7/h7H,2-6H2,1H3,(H,9,10). The number of sulfone groups is 1. The molecule has 1 rings (SSSR count). The maximum atomic E-state index is 11.1. The minimum Gasteiger partial charge on any atom is -0.359 e. The molecule has 0 aromatic carbocycles. The Kier molecular flexibility index (Phi) is 3.30. The molecule has 13 heavy (non-hydrogen) atoms. The Balaban J connectivity index is 2.38. The van der Waals surface area contributed by atoms with Gasteiger partial charge in [-0.25, -0.2) is 8.42 Å². The molecule has 5 heteroatoms. The van der Waals surface area contributed by atoms with Gasteiger partial charge in [0.1, 0.15) is 9.84 Å². The van der Waals surface area contributed by atoms with Crippen LogP contribution in [-0.2, 0) is 14.6 Å². The Labute approximate surface area is 78.6 Å². The lowest BCUT2D eigenvalue weighted by Gasteiger charge is -2.20. The van der Waals surface area contributed by atoms with Gasteiger partial charge in [-0.15, -0.1) is 0 Å². The molecule has 0 atom stereocenters. The molecule has 0 saturated carbocycles. The van der Waals surface area contributed by atoms with Crippen LogP contribution < -0.4 is 5.32 Å². The first-order valence-electron chi connectivity index (χ1n) is 4.44. The molecule has 0 bridgehead atoms. The average molecular weight is 205 g/mol. The third kappa shape index (κ3) is 3.34. The first-order chi connectivity index (χ1) is 6.03. The Bertz CT molecular complexity index is 270. The Morgan fingerprint density at radius 3 is 2.38 bits per heavy atom. The number of rotatable bonds is 2. The number of hydrogen-bond acceptors (Lipinski definition) is 3. The summed E-state index contributed by atoms with van der Waals surface area (Å²) in [6.07, 6.45) is 1.73. The van der Waals surface area contributed by atoms with Gasteiger partial charge >= 0.3 is 0 Å². The van der Waals surface area contributed by atoms with Crippen molar-refractivity contribution in [3.8, 4) is 0 Å². The van der Waals surface area contributed by atoms with Crippen LogP contribution in [0.5, 0.6) is 0 Å². The van der Waals surface area contributed by atoms with Crippen molar-refractivity contribution < 1.29 is 13.2 Å². The van der Waals surface area contributed by atoms with Gasteiger partial charge < -0.3 is 5.32 Å². The Hall–Kier alpha value is -0.580. The van der Waals surface area contributed by atoms with Crippen LogP contribution in [0.15, 0.2) is 0 Å². The van der Waals surface area contributed by atoms with Crippen LogP contribution >= 0.6 is 0 Å². The van der Waals surface area contributed by atoms with Crippen molar-refractivity contribution >= 4 is 15.7 Å². The molecule has 1 aliphatic rings. The van der Waals surface area contributed by atoms with E-state index >= 15 is 0 Å². The van der Waals surface area contributed by atoms with Gasteiger partial charge in [0, 0.05) is 13.5 Å². The van der Waals surface area contributed by atoms with Crippen LogP contribution in [0.2, 0.25) is 0 Å². The SMILES string of the molecule is CNC(=O)CC1CCS(=O)(=O)CC1. The first-order valence-corrected chi connectivity index (χ1v) is 6.26. The largest absolute Gasteiger partial charge is 0.359 e. The zero-order chi connectivity index (χ0) is 9.90. The second-order valence-corrected chi connectivity index (χ2v) is 5.78. The van der Waals surface area contributed by atoms with Gasteiger partial charge in [-0.3, -0.25) is 4.79 Å². The van der Waals surface area contributed by atoms with E-state index in [2.05, 4.69) is 5.32 Å². The van der Waals surface area contributed by atoms with E-state index in [-0.39, 0.29) is 23.3 Å². The molecule has 1 fully saturated rings. The molecule has 76 valence electrons. The summed E-state index contributed by atoms with van der Waals surface area (Å²) in [6, 6.07) is 0. The zero-order valence-electron chi connectivity index (χ0n) is 7.75. The van der Waals surface area contributed by atoms with Gasteiger partial charge in [0.2, 0.25) is 5.91 Å². The van der Waals surface area contributed by atoms with Crippen LogP contribution in [0.3, 0.4) is 0 Å². The fraction of sp³-hybridized carbons (Fsp3) is 0.875. The van der Waals surface area contributed by atoms with Crippen molar-refractivity contribution in [2.75, 3.05) is 18.6 Å². The molecular weight excluding hydrogens is 190 g/mol. The number of carbonyl (C=O) groups excluding carboxylic acids is 1. The quantitative estimate of drug-likeness (QED) is 0.687. The van der Waals surface area contributed by atoms with E-state index in [0.29, 0.717) is 19.3 Å². The van der Waals surface area contributed by atoms with Crippen LogP contribution in [0, 0.1) is 5.92 Å². The van der Waals surface area contributed by atoms with Gasteiger partial charge in [-0.1, -0.05) is 0 Å². The third-order valence-corrected chi connectivity index (χ3v) is 4.14. The summed E-state index contributed by atoms with van der Waals surface area (Å²) < 4.78 is 22.1. The molecule has 0 radical (unpaired) electrons. The van der Waals surface area contributed by atoms with E-state index < -0.39 is 9.84 Å². The molecule has 0 aromatic heterocycles. The highest BCUT2D eigenvalue weighted by Crippen LogP contribution is 2.21. The maximum Gasteiger partial charge on any atom is 0.220 e. The molecule has 0 unspecified atom stereocenters. The minimum absolute atomic E-state index is 0.00398. The molecule has 1 aliphatic heterocycles. The predicted molar refractivity (Wildman–Crippen MR) is 50.1 cm³/mol. The summed E-state index contributed by atoms with van der Waals surface area (Å²) in [5, 5.41) is 2.54. The van der Waals surface area contributed by atoms with Crippen LogP contribution in [0.25, 0.3) is 0 Å². The molecule has 1 saturated heterocycles. The van der Waals surface area contributed by atoms with E-state index in [4.69, 9.17) is 0 Å². The summed E-state index contributed by atoms with van der Waals surface area (Å²) in [4.78, 5) is 11.0. The molecule has 1 heterocycles. The van der Waals surface area contributed by atoms with Crippen molar-refractivity contribution in [1.82, 2.24) is 5.32 Å². The van der Waals surface area contributed by atoms with E-state index in [0.717, 1.165) is 0 Å². The maximum absolute atomic E-state index is 11.1. The number of amides is 1. The average Bonchev–Trinajstić information content (AvgIpc) is 2.08. The van der Waals surface area contributed by atoms with Gasteiger partial charge in [-0.2, -0.15) is 0 Å². The van der Waals surface area contributed by atoms with Crippen molar-refractivity contribution in [2.24, 2.45) is 5.92 Å². The van der Waals surface area contributed by atoms with E-state index in [9.17, 15) is 13.2 Å². The van der Waals surface area contributed by atoms with E-state index in [1.54, 1.807) is 7.05 Å². The number of hydrogen-bond donors (Lipinski definition) is 1. The number of nitrogens with one attached hydrogen (secondary N) is 1. The number of carbonyl (C=O) groups is 1. The fourth-order valence-electron chi connectivity index (χ4n) is 1.51. The summed E-state index contributed by atoms with van der Waals surface area (Å²) in [5.74, 6) is 0.747. The lowest BCUT2D eigenvalue weighted by molar-refractivity contribution is -0.121. The second kappa shape index (κ2) is 4.09. The van der Waals surface area contributed by atoms with Crippen molar-refractivity contribution in [2.45, 2.75) is 19.3 Å².